The Kier molecular flexibility index (Phi) is 3.57. The largest absolute Gasteiger partial charge is 0.376 e. The Labute approximate surface area is 118 Å². The van der Waals surface area contributed by atoms with Crippen molar-refractivity contribution in [3.8, 4) is 0 Å². The molecule has 0 N–H and O–H groups in total. The van der Waals surface area contributed by atoms with Crippen molar-refractivity contribution < 1.29 is 9.53 Å². The minimum Gasteiger partial charge on any atom is -0.376 e. The molecule has 1 aliphatic rings. The van der Waals surface area contributed by atoms with E-state index >= 15 is 0 Å². The third-order valence-corrected chi connectivity index (χ3v) is 3.82. The lowest BCUT2D eigenvalue weighted by Gasteiger charge is -2.10. The van der Waals surface area contributed by atoms with E-state index in [0.717, 1.165) is 36.9 Å². The SMILES string of the molecule is CC(C)C(=O)c1nn(CC2CCCO2)c2ccccc12. The summed E-state index contributed by atoms with van der Waals surface area (Å²) in [6, 6.07) is 7.94. The molecule has 4 nitrogen and oxygen atoms in total. The van der Waals surface area contributed by atoms with Gasteiger partial charge in [0.25, 0.3) is 0 Å². The van der Waals surface area contributed by atoms with Crippen LogP contribution in [0.25, 0.3) is 10.9 Å². The molecule has 2 heterocycles. The molecule has 1 unspecified atom stereocenters. The molecule has 106 valence electrons. The first-order valence-electron chi connectivity index (χ1n) is 7.28. The highest BCUT2D eigenvalue weighted by atomic mass is 16.5. The summed E-state index contributed by atoms with van der Waals surface area (Å²) in [6.45, 7) is 5.39. The van der Waals surface area contributed by atoms with Crippen molar-refractivity contribution in [1.29, 1.82) is 0 Å². The molecule has 0 amide bonds. The van der Waals surface area contributed by atoms with Gasteiger partial charge in [-0.05, 0) is 18.9 Å². The summed E-state index contributed by atoms with van der Waals surface area (Å²) >= 11 is 0. The Bertz CT molecular complexity index is 624. The second kappa shape index (κ2) is 5.37. The van der Waals surface area contributed by atoms with Gasteiger partial charge in [-0.25, -0.2) is 0 Å². The van der Waals surface area contributed by atoms with Crippen molar-refractivity contribution in [2.75, 3.05) is 6.61 Å². The summed E-state index contributed by atoms with van der Waals surface area (Å²) in [5.41, 5.74) is 1.61. The molecule has 1 aliphatic heterocycles. The van der Waals surface area contributed by atoms with Gasteiger partial charge in [-0.1, -0.05) is 32.0 Å². The lowest BCUT2D eigenvalue weighted by Crippen LogP contribution is -2.17. The Morgan fingerprint density at radius 1 is 1.45 bits per heavy atom. The number of aromatic nitrogens is 2. The van der Waals surface area contributed by atoms with E-state index in [1.165, 1.54) is 0 Å². The standard InChI is InChI=1S/C16H20N2O2/c1-11(2)16(19)15-13-7-3-4-8-14(13)18(17-15)10-12-6-5-9-20-12/h3-4,7-8,11-12H,5-6,9-10H2,1-2H3. The van der Waals surface area contributed by atoms with E-state index in [9.17, 15) is 4.79 Å². The lowest BCUT2D eigenvalue weighted by atomic mass is 10.0. The minimum absolute atomic E-state index is 0.0375. The number of ketones is 1. The van der Waals surface area contributed by atoms with Gasteiger partial charge in [-0.15, -0.1) is 0 Å². The van der Waals surface area contributed by atoms with Gasteiger partial charge >= 0.3 is 0 Å². The average molecular weight is 272 g/mol. The number of fused-ring (bicyclic) bond motifs is 1. The molecule has 3 rings (SSSR count). The maximum Gasteiger partial charge on any atom is 0.186 e. The average Bonchev–Trinajstić information content (AvgIpc) is 3.07. The van der Waals surface area contributed by atoms with Crippen molar-refractivity contribution in [1.82, 2.24) is 9.78 Å². The molecule has 4 heteroatoms. The van der Waals surface area contributed by atoms with Crippen molar-refractivity contribution in [2.24, 2.45) is 5.92 Å². The van der Waals surface area contributed by atoms with E-state index in [1.54, 1.807) is 0 Å². The third kappa shape index (κ3) is 2.36. The fourth-order valence-corrected chi connectivity index (χ4v) is 2.70. The number of hydrogen-bond acceptors (Lipinski definition) is 3. The Hall–Kier alpha value is -1.68. The van der Waals surface area contributed by atoms with Gasteiger partial charge in [0.15, 0.2) is 5.78 Å². The molecule has 0 aliphatic carbocycles. The summed E-state index contributed by atoms with van der Waals surface area (Å²) in [5, 5.41) is 5.51. The lowest BCUT2D eigenvalue weighted by molar-refractivity contribution is 0.0912. The number of rotatable bonds is 4. The number of carbonyl (C=O) groups excluding carboxylic acids is 1. The summed E-state index contributed by atoms with van der Waals surface area (Å²) in [6.07, 6.45) is 2.41. The van der Waals surface area contributed by atoms with Gasteiger partial charge in [-0.3, -0.25) is 9.48 Å². The van der Waals surface area contributed by atoms with Crippen molar-refractivity contribution >= 4 is 16.7 Å². The first-order valence-corrected chi connectivity index (χ1v) is 7.28. The molecule has 0 radical (unpaired) electrons. The number of carbonyl (C=O) groups is 1. The second-order valence-corrected chi connectivity index (χ2v) is 5.70. The molecule has 0 saturated carbocycles. The van der Waals surface area contributed by atoms with Gasteiger partial charge in [0.2, 0.25) is 0 Å². The first kappa shape index (κ1) is 13.3. The van der Waals surface area contributed by atoms with Crippen LogP contribution in [-0.4, -0.2) is 28.3 Å². The predicted molar refractivity (Wildman–Crippen MR) is 77.9 cm³/mol. The fourth-order valence-electron chi connectivity index (χ4n) is 2.70. The number of Topliss-reactive ketones (excluding diaryl/α,β-unsaturated/α-hetero) is 1. The molecule has 20 heavy (non-hydrogen) atoms. The zero-order chi connectivity index (χ0) is 14.1. The highest BCUT2D eigenvalue weighted by Crippen LogP contribution is 2.23. The van der Waals surface area contributed by atoms with Crippen LogP contribution in [0.4, 0.5) is 0 Å². The molecule has 0 spiro atoms. The minimum atomic E-state index is -0.0375. The number of para-hydroxylation sites is 1. The molecule has 1 fully saturated rings. The first-order chi connectivity index (χ1) is 9.66. The number of benzene rings is 1. The van der Waals surface area contributed by atoms with Gasteiger partial charge < -0.3 is 4.74 Å². The summed E-state index contributed by atoms with van der Waals surface area (Å²) < 4.78 is 7.61. The van der Waals surface area contributed by atoms with Gasteiger partial charge in [0.1, 0.15) is 5.69 Å². The molecule has 1 saturated heterocycles. The Morgan fingerprint density at radius 3 is 2.95 bits per heavy atom. The van der Waals surface area contributed by atoms with E-state index in [2.05, 4.69) is 5.10 Å². The van der Waals surface area contributed by atoms with Gasteiger partial charge in [0.05, 0.1) is 18.2 Å². The summed E-state index contributed by atoms with van der Waals surface area (Å²) in [4.78, 5) is 12.3. The van der Waals surface area contributed by atoms with Crippen LogP contribution in [0.2, 0.25) is 0 Å². The maximum absolute atomic E-state index is 12.3. The number of nitrogens with zero attached hydrogens (tertiary/aromatic N) is 2. The third-order valence-electron chi connectivity index (χ3n) is 3.82. The van der Waals surface area contributed by atoms with E-state index in [1.807, 2.05) is 42.8 Å². The van der Waals surface area contributed by atoms with Crippen LogP contribution in [0.15, 0.2) is 24.3 Å². The monoisotopic (exact) mass is 272 g/mol. The number of ether oxygens (including phenoxy) is 1. The van der Waals surface area contributed by atoms with Crippen LogP contribution in [0.5, 0.6) is 0 Å². The van der Waals surface area contributed by atoms with Crippen LogP contribution in [0.3, 0.4) is 0 Å². The van der Waals surface area contributed by atoms with E-state index in [4.69, 9.17) is 4.74 Å². The van der Waals surface area contributed by atoms with Gasteiger partial charge in [-0.2, -0.15) is 5.10 Å². The normalized spacial score (nSPS) is 19.1. The molecule has 0 bridgehead atoms. The van der Waals surface area contributed by atoms with Crippen molar-refractivity contribution in [2.45, 2.75) is 39.3 Å². The van der Waals surface area contributed by atoms with Crippen molar-refractivity contribution in [3.05, 3.63) is 30.0 Å². The van der Waals surface area contributed by atoms with Crippen LogP contribution in [0.1, 0.15) is 37.2 Å². The molecule has 1 aromatic heterocycles. The predicted octanol–water partition coefficient (Wildman–Crippen LogP) is 3.05. The maximum atomic E-state index is 12.3. The quantitative estimate of drug-likeness (QED) is 0.803. The molecule has 1 atom stereocenters. The van der Waals surface area contributed by atoms with Crippen LogP contribution < -0.4 is 0 Å². The number of hydrogen-bond donors (Lipinski definition) is 0. The second-order valence-electron chi connectivity index (χ2n) is 5.70. The zero-order valence-electron chi connectivity index (χ0n) is 12.0. The molecular formula is C16H20N2O2. The Balaban J connectivity index is 2.01. The molecule has 2 aromatic rings. The van der Waals surface area contributed by atoms with Gasteiger partial charge in [0, 0.05) is 17.9 Å². The molecule has 1 aromatic carbocycles. The summed E-state index contributed by atoms with van der Waals surface area (Å²) in [5.74, 6) is 0.0665. The molecular weight excluding hydrogens is 252 g/mol. The van der Waals surface area contributed by atoms with Crippen molar-refractivity contribution in [3.63, 3.8) is 0 Å². The van der Waals surface area contributed by atoms with Crippen LogP contribution in [-0.2, 0) is 11.3 Å². The Morgan fingerprint density at radius 2 is 2.25 bits per heavy atom. The van der Waals surface area contributed by atoms with Crippen LogP contribution in [0, 0.1) is 5.92 Å². The van der Waals surface area contributed by atoms with E-state index in [-0.39, 0.29) is 17.8 Å². The van der Waals surface area contributed by atoms with Crippen LogP contribution >= 0.6 is 0 Å². The van der Waals surface area contributed by atoms with E-state index < -0.39 is 0 Å². The smallest absolute Gasteiger partial charge is 0.186 e. The highest BCUT2D eigenvalue weighted by molar-refractivity contribution is 6.06. The van der Waals surface area contributed by atoms with E-state index in [0.29, 0.717) is 5.69 Å². The fraction of sp³-hybridized carbons (Fsp3) is 0.500. The topological polar surface area (TPSA) is 44.1 Å². The highest BCUT2D eigenvalue weighted by Gasteiger charge is 2.22. The summed E-state index contributed by atoms with van der Waals surface area (Å²) in [7, 11) is 0. The zero-order valence-corrected chi connectivity index (χ0v) is 12.0.